The molecule has 0 atom stereocenters. The third-order valence-corrected chi connectivity index (χ3v) is 2.56. The molecule has 2 aromatic rings. The van der Waals surface area contributed by atoms with Gasteiger partial charge in [-0.1, -0.05) is 18.2 Å². The van der Waals surface area contributed by atoms with E-state index >= 15 is 0 Å². The van der Waals surface area contributed by atoms with E-state index in [4.69, 9.17) is 10.00 Å². The van der Waals surface area contributed by atoms with Gasteiger partial charge in [0.1, 0.15) is 24.1 Å². The molecular weight excluding hydrogens is 238 g/mol. The molecule has 0 saturated heterocycles. The van der Waals surface area contributed by atoms with Crippen LogP contribution in [0.25, 0.3) is 0 Å². The fourth-order valence-corrected chi connectivity index (χ4v) is 1.64. The zero-order valence-corrected chi connectivity index (χ0v) is 10.5. The Hall–Kier alpha value is -2.38. The molecule has 0 spiro atoms. The number of hydrogen-bond donors (Lipinski definition) is 1. The Kier molecular flexibility index (Phi) is 4.91. The van der Waals surface area contributed by atoms with Gasteiger partial charge in [0.15, 0.2) is 0 Å². The van der Waals surface area contributed by atoms with E-state index < -0.39 is 0 Å². The minimum absolute atomic E-state index is 0.444. The van der Waals surface area contributed by atoms with E-state index in [-0.39, 0.29) is 0 Å². The Bertz CT molecular complexity index is 549. The zero-order chi connectivity index (χ0) is 13.3. The molecule has 1 aromatic carbocycles. The zero-order valence-electron chi connectivity index (χ0n) is 10.5. The average molecular weight is 253 g/mol. The van der Waals surface area contributed by atoms with Gasteiger partial charge in [-0.2, -0.15) is 5.26 Å². The molecule has 0 fully saturated rings. The predicted octanol–water partition coefficient (Wildman–Crippen LogP) is 2.12. The van der Waals surface area contributed by atoms with Crippen LogP contribution >= 0.6 is 0 Å². The van der Waals surface area contributed by atoms with Crippen LogP contribution < -0.4 is 10.1 Å². The van der Waals surface area contributed by atoms with Crippen molar-refractivity contribution in [1.82, 2.24) is 10.3 Å². The van der Waals surface area contributed by atoms with Crippen LogP contribution in [0.2, 0.25) is 0 Å². The summed E-state index contributed by atoms with van der Waals surface area (Å²) >= 11 is 0. The van der Waals surface area contributed by atoms with Gasteiger partial charge >= 0.3 is 0 Å². The van der Waals surface area contributed by atoms with Crippen molar-refractivity contribution in [2.45, 2.75) is 6.54 Å². The first kappa shape index (κ1) is 13.1. The van der Waals surface area contributed by atoms with E-state index in [1.54, 1.807) is 12.3 Å². The van der Waals surface area contributed by atoms with Crippen LogP contribution in [0, 0.1) is 11.3 Å². The highest BCUT2D eigenvalue weighted by Crippen LogP contribution is 2.07. The number of nitrogens with zero attached hydrogens (tertiary/aromatic N) is 2. The minimum atomic E-state index is 0.444. The van der Waals surface area contributed by atoms with E-state index in [9.17, 15) is 0 Å². The lowest BCUT2D eigenvalue weighted by Crippen LogP contribution is -2.20. The molecule has 0 radical (unpaired) electrons. The molecule has 0 aliphatic heterocycles. The highest BCUT2D eigenvalue weighted by Gasteiger charge is 1.96. The third kappa shape index (κ3) is 4.41. The van der Waals surface area contributed by atoms with Crippen molar-refractivity contribution in [1.29, 1.82) is 5.26 Å². The Morgan fingerprint density at radius 3 is 2.84 bits per heavy atom. The minimum Gasteiger partial charge on any atom is -0.492 e. The summed E-state index contributed by atoms with van der Waals surface area (Å²) in [5.74, 6) is 0.875. The summed E-state index contributed by atoms with van der Waals surface area (Å²) in [6.07, 6.45) is 1.65. The maximum atomic E-state index is 8.74. The fraction of sp³-hybridized carbons (Fsp3) is 0.200. The van der Waals surface area contributed by atoms with Crippen molar-refractivity contribution in [3.8, 4) is 11.8 Å². The van der Waals surface area contributed by atoms with Gasteiger partial charge in [-0.3, -0.25) is 0 Å². The molecule has 4 nitrogen and oxygen atoms in total. The van der Waals surface area contributed by atoms with Crippen molar-refractivity contribution in [2.75, 3.05) is 13.2 Å². The van der Waals surface area contributed by atoms with Crippen LogP contribution in [-0.2, 0) is 6.54 Å². The number of nitrogens with one attached hydrogen (secondary N) is 1. The van der Waals surface area contributed by atoms with E-state index in [1.165, 1.54) is 0 Å². The summed E-state index contributed by atoms with van der Waals surface area (Å²) < 4.78 is 5.56. The number of para-hydroxylation sites is 1. The molecule has 0 saturated carbocycles. The molecule has 19 heavy (non-hydrogen) atoms. The average Bonchev–Trinajstić information content (AvgIpc) is 2.48. The molecule has 4 heteroatoms. The number of pyridine rings is 1. The topological polar surface area (TPSA) is 57.9 Å². The molecule has 1 heterocycles. The van der Waals surface area contributed by atoms with Crippen molar-refractivity contribution in [3.63, 3.8) is 0 Å². The molecule has 0 aliphatic carbocycles. The van der Waals surface area contributed by atoms with Crippen LogP contribution in [0.4, 0.5) is 0 Å². The second-order valence-corrected chi connectivity index (χ2v) is 4.00. The van der Waals surface area contributed by atoms with Gasteiger partial charge in [-0.15, -0.1) is 0 Å². The summed E-state index contributed by atoms with van der Waals surface area (Å²) in [5, 5.41) is 12.0. The molecule has 0 unspecified atom stereocenters. The van der Waals surface area contributed by atoms with E-state index in [0.29, 0.717) is 18.8 Å². The van der Waals surface area contributed by atoms with Crippen LogP contribution in [-0.4, -0.2) is 18.1 Å². The Morgan fingerprint density at radius 2 is 2.05 bits per heavy atom. The number of aromatic nitrogens is 1. The van der Waals surface area contributed by atoms with Crippen molar-refractivity contribution >= 4 is 0 Å². The lowest BCUT2D eigenvalue weighted by Gasteiger charge is -2.07. The van der Waals surface area contributed by atoms with Crippen LogP contribution in [0.1, 0.15) is 11.3 Å². The molecular formula is C15H15N3O. The molecule has 0 bridgehead atoms. The Balaban J connectivity index is 1.68. The van der Waals surface area contributed by atoms with Crippen molar-refractivity contribution < 1.29 is 4.74 Å². The maximum absolute atomic E-state index is 8.74. The molecule has 2 rings (SSSR count). The van der Waals surface area contributed by atoms with E-state index in [0.717, 1.165) is 17.9 Å². The summed E-state index contributed by atoms with van der Waals surface area (Å²) in [6, 6.07) is 15.4. The van der Waals surface area contributed by atoms with E-state index in [1.807, 2.05) is 42.5 Å². The number of nitriles is 1. The molecule has 0 aliphatic rings. The van der Waals surface area contributed by atoms with Crippen LogP contribution in [0.5, 0.6) is 5.75 Å². The summed E-state index contributed by atoms with van der Waals surface area (Å²) in [5.41, 5.74) is 1.49. The fourth-order valence-electron chi connectivity index (χ4n) is 1.64. The molecule has 96 valence electrons. The quantitative estimate of drug-likeness (QED) is 0.801. The maximum Gasteiger partial charge on any atom is 0.140 e. The number of rotatable bonds is 6. The monoisotopic (exact) mass is 253 g/mol. The normalized spacial score (nSPS) is 9.84. The van der Waals surface area contributed by atoms with Gasteiger partial charge in [0.25, 0.3) is 0 Å². The van der Waals surface area contributed by atoms with Crippen molar-refractivity contribution in [2.24, 2.45) is 0 Å². The second kappa shape index (κ2) is 7.14. The van der Waals surface area contributed by atoms with Gasteiger partial charge in [-0.25, -0.2) is 4.98 Å². The number of ether oxygens (including phenoxy) is 1. The Labute approximate surface area is 112 Å². The second-order valence-electron chi connectivity index (χ2n) is 4.00. The van der Waals surface area contributed by atoms with Gasteiger partial charge in [-0.05, 0) is 29.8 Å². The lowest BCUT2D eigenvalue weighted by atomic mass is 10.2. The largest absolute Gasteiger partial charge is 0.492 e. The Morgan fingerprint density at radius 1 is 1.21 bits per heavy atom. The third-order valence-electron chi connectivity index (χ3n) is 2.56. The highest BCUT2D eigenvalue weighted by molar-refractivity contribution is 5.25. The first-order valence-electron chi connectivity index (χ1n) is 6.12. The first-order valence-corrected chi connectivity index (χ1v) is 6.12. The summed E-state index contributed by atoms with van der Waals surface area (Å²) in [7, 11) is 0. The summed E-state index contributed by atoms with van der Waals surface area (Å²) in [6.45, 7) is 2.06. The van der Waals surface area contributed by atoms with Gasteiger partial charge in [0, 0.05) is 19.3 Å². The van der Waals surface area contributed by atoms with Crippen LogP contribution in [0.15, 0.2) is 48.7 Å². The number of hydrogen-bond acceptors (Lipinski definition) is 4. The van der Waals surface area contributed by atoms with Crippen molar-refractivity contribution in [3.05, 3.63) is 59.9 Å². The molecule has 1 aromatic heterocycles. The summed E-state index contributed by atoms with van der Waals surface area (Å²) in [4.78, 5) is 3.93. The smallest absolute Gasteiger partial charge is 0.140 e. The standard InChI is InChI=1S/C15H15N3O/c16-11-14-10-13(6-7-18-14)12-17-8-9-19-15-4-2-1-3-5-15/h1-7,10,17H,8-9,12H2. The predicted molar refractivity (Wildman–Crippen MR) is 72.6 cm³/mol. The number of benzene rings is 1. The van der Waals surface area contributed by atoms with Gasteiger partial charge < -0.3 is 10.1 Å². The molecule has 1 N–H and O–H groups in total. The first-order chi connectivity index (χ1) is 9.38. The molecule has 0 amide bonds. The lowest BCUT2D eigenvalue weighted by molar-refractivity contribution is 0.313. The van der Waals surface area contributed by atoms with Crippen LogP contribution in [0.3, 0.4) is 0 Å². The van der Waals surface area contributed by atoms with Gasteiger partial charge in [0.2, 0.25) is 0 Å². The van der Waals surface area contributed by atoms with Gasteiger partial charge in [0.05, 0.1) is 0 Å². The highest BCUT2D eigenvalue weighted by atomic mass is 16.5. The SMILES string of the molecule is N#Cc1cc(CNCCOc2ccccc2)ccn1. The van der Waals surface area contributed by atoms with E-state index in [2.05, 4.69) is 10.3 Å².